The molecule has 4 atom stereocenters. The average molecular weight is 233 g/mol. The van der Waals surface area contributed by atoms with Crippen LogP contribution in [0.25, 0.3) is 0 Å². The second-order valence-electron chi connectivity index (χ2n) is 4.60. The molecular formula is C10H13ClO4. The van der Waals surface area contributed by atoms with Crippen molar-refractivity contribution in [3.63, 3.8) is 0 Å². The lowest BCUT2D eigenvalue weighted by molar-refractivity contribution is -0.195. The SMILES string of the molecule is O=C(O)[C@H]1[C@H]2CC3(OCCO3)[C@H]1C[C@H]2Cl. The van der Waals surface area contributed by atoms with E-state index in [1.807, 2.05) is 0 Å². The molecule has 1 heterocycles. The highest BCUT2D eigenvalue weighted by atomic mass is 35.5. The number of carboxylic acids is 1. The van der Waals surface area contributed by atoms with E-state index in [4.69, 9.17) is 21.1 Å². The number of rotatable bonds is 1. The first-order valence-electron chi connectivity index (χ1n) is 5.29. The van der Waals surface area contributed by atoms with Crippen molar-refractivity contribution in [2.45, 2.75) is 24.0 Å². The fraction of sp³-hybridized carbons (Fsp3) is 0.900. The van der Waals surface area contributed by atoms with Crippen molar-refractivity contribution >= 4 is 17.6 Å². The summed E-state index contributed by atoms with van der Waals surface area (Å²) in [6.45, 7) is 1.14. The largest absolute Gasteiger partial charge is 0.481 e. The third-order valence-corrected chi connectivity index (χ3v) is 4.49. The molecule has 0 aromatic carbocycles. The van der Waals surface area contributed by atoms with Gasteiger partial charge < -0.3 is 14.6 Å². The van der Waals surface area contributed by atoms with Gasteiger partial charge >= 0.3 is 5.97 Å². The molecule has 5 heteroatoms. The summed E-state index contributed by atoms with van der Waals surface area (Å²) in [7, 11) is 0. The Hall–Kier alpha value is -0.320. The second kappa shape index (κ2) is 3.09. The molecule has 15 heavy (non-hydrogen) atoms. The number of hydrogen-bond acceptors (Lipinski definition) is 3. The van der Waals surface area contributed by atoms with Gasteiger partial charge in [-0.2, -0.15) is 0 Å². The zero-order valence-corrected chi connectivity index (χ0v) is 8.94. The van der Waals surface area contributed by atoms with Crippen LogP contribution in [0.1, 0.15) is 12.8 Å². The van der Waals surface area contributed by atoms with Gasteiger partial charge in [0.1, 0.15) is 0 Å². The predicted octanol–water partition coefficient (Wildman–Crippen LogP) is 1.08. The zero-order chi connectivity index (χ0) is 10.6. The van der Waals surface area contributed by atoms with Gasteiger partial charge in [0.15, 0.2) is 5.79 Å². The molecule has 0 amide bonds. The number of fused-ring (bicyclic) bond motifs is 3. The van der Waals surface area contributed by atoms with Crippen LogP contribution in [-0.4, -0.2) is 35.5 Å². The molecule has 1 N–H and O–H groups in total. The Kier molecular flexibility index (Phi) is 2.03. The molecular weight excluding hydrogens is 220 g/mol. The van der Waals surface area contributed by atoms with Gasteiger partial charge in [-0.3, -0.25) is 4.79 Å². The Balaban J connectivity index is 1.92. The third-order valence-electron chi connectivity index (χ3n) is 3.98. The van der Waals surface area contributed by atoms with Crippen LogP contribution < -0.4 is 0 Å². The number of ether oxygens (including phenoxy) is 2. The summed E-state index contributed by atoms with van der Waals surface area (Å²) in [5.41, 5.74) is 0. The summed E-state index contributed by atoms with van der Waals surface area (Å²) in [5.74, 6) is -1.83. The minimum Gasteiger partial charge on any atom is -0.481 e. The van der Waals surface area contributed by atoms with Gasteiger partial charge in [0, 0.05) is 17.7 Å². The highest BCUT2D eigenvalue weighted by Crippen LogP contribution is 2.59. The van der Waals surface area contributed by atoms with E-state index >= 15 is 0 Å². The van der Waals surface area contributed by atoms with Crippen molar-refractivity contribution in [1.29, 1.82) is 0 Å². The van der Waals surface area contributed by atoms with Gasteiger partial charge in [-0.05, 0) is 12.3 Å². The van der Waals surface area contributed by atoms with Crippen LogP contribution in [0, 0.1) is 17.8 Å². The number of carboxylic acid groups (broad SMARTS) is 1. The highest BCUT2D eigenvalue weighted by molar-refractivity contribution is 6.21. The van der Waals surface area contributed by atoms with E-state index in [0.717, 1.165) is 0 Å². The number of hydrogen-bond donors (Lipinski definition) is 1. The first-order valence-corrected chi connectivity index (χ1v) is 5.72. The lowest BCUT2D eigenvalue weighted by atomic mass is 9.93. The van der Waals surface area contributed by atoms with Crippen molar-refractivity contribution in [2.75, 3.05) is 13.2 Å². The highest BCUT2D eigenvalue weighted by Gasteiger charge is 2.65. The molecule has 2 aliphatic carbocycles. The van der Waals surface area contributed by atoms with Crippen LogP contribution in [0.2, 0.25) is 0 Å². The Morgan fingerprint density at radius 2 is 2.07 bits per heavy atom. The van der Waals surface area contributed by atoms with Gasteiger partial charge in [0.05, 0.1) is 19.1 Å². The first-order chi connectivity index (χ1) is 7.14. The molecule has 1 spiro atoms. The van der Waals surface area contributed by atoms with E-state index in [9.17, 15) is 9.90 Å². The molecule has 0 aromatic rings. The molecule has 3 fully saturated rings. The van der Waals surface area contributed by atoms with E-state index in [1.54, 1.807) is 0 Å². The fourth-order valence-corrected chi connectivity index (χ4v) is 3.87. The van der Waals surface area contributed by atoms with Crippen molar-refractivity contribution in [3.05, 3.63) is 0 Å². The Bertz CT molecular complexity index is 300. The standard InChI is InChI=1S/C10H13ClO4/c11-7-3-6-8(9(12)13)5(7)4-10(6)14-1-2-15-10/h5-8H,1-4H2,(H,12,13)/t5-,6-,7+,8-/m0/s1. The smallest absolute Gasteiger partial charge is 0.307 e. The minimum absolute atomic E-state index is 0.00673. The maximum absolute atomic E-state index is 11.2. The molecule has 1 saturated heterocycles. The van der Waals surface area contributed by atoms with Crippen molar-refractivity contribution < 1.29 is 19.4 Å². The topological polar surface area (TPSA) is 55.8 Å². The van der Waals surface area contributed by atoms with E-state index in [1.165, 1.54) is 0 Å². The van der Waals surface area contributed by atoms with Crippen molar-refractivity contribution in [3.8, 4) is 0 Å². The lowest BCUT2D eigenvalue weighted by Gasteiger charge is -2.33. The summed E-state index contributed by atoms with van der Waals surface area (Å²) >= 11 is 6.13. The zero-order valence-electron chi connectivity index (χ0n) is 8.19. The summed E-state index contributed by atoms with van der Waals surface area (Å²) in [6.07, 6.45) is 1.34. The lowest BCUT2D eigenvalue weighted by Crippen LogP contribution is -2.39. The molecule has 0 aromatic heterocycles. The molecule has 0 radical (unpaired) electrons. The van der Waals surface area contributed by atoms with Gasteiger partial charge in [-0.1, -0.05) is 0 Å². The predicted molar refractivity (Wildman–Crippen MR) is 51.6 cm³/mol. The maximum atomic E-state index is 11.2. The second-order valence-corrected chi connectivity index (χ2v) is 5.16. The van der Waals surface area contributed by atoms with Crippen LogP contribution >= 0.6 is 11.6 Å². The van der Waals surface area contributed by atoms with Crippen molar-refractivity contribution in [2.24, 2.45) is 17.8 Å². The van der Waals surface area contributed by atoms with E-state index in [-0.39, 0.29) is 23.1 Å². The molecule has 1 aliphatic heterocycles. The van der Waals surface area contributed by atoms with E-state index in [0.29, 0.717) is 26.1 Å². The van der Waals surface area contributed by atoms with Crippen molar-refractivity contribution in [1.82, 2.24) is 0 Å². The van der Waals surface area contributed by atoms with Gasteiger partial charge in [-0.15, -0.1) is 11.6 Å². The van der Waals surface area contributed by atoms with E-state index < -0.39 is 11.8 Å². The van der Waals surface area contributed by atoms with Crippen LogP contribution in [0.5, 0.6) is 0 Å². The Morgan fingerprint density at radius 3 is 2.60 bits per heavy atom. The van der Waals surface area contributed by atoms with Crippen LogP contribution in [0.3, 0.4) is 0 Å². The molecule has 84 valence electrons. The summed E-state index contributed by atoms with van der Waals surface area (Å²) in [5, 5.41) is 9.15. The normalized spacial score (nSPS) is 46.5. The summed E-state index contributed by atoms with van der Waals surface area (Å²) in [4.78, 5) is 11.2. The van der Waals surface area contributed by atoms with Gasteiger partial charge in [-0.25, -0.2) is 0 Å². The summed E-state index contributed by atoms with van der Waals surface area (Å²) < 4.78 is 11.2. The van der Waals surface area contributed by atoms with Crippen LogP contribution in [0.15, 0.2) is 0 Å². The number of halogens is 1. The Morgan fingerprint density at radius 1 is 1.40 bits per heavy atom. The minimum atomic E-state index is -0.760. The number of alkyl halides is 1. The molecule has 2 saturated carbocycles. The van der Waals surface area contributed by atoms with Gasteiger partial charge in [0.2, 0.25) is 0 Å². The summed E-state index contributed by atoms with van der Waals surface area (Å²) in [6, 6.07) is 0. The molecule has 0 unspecified atom stereocenters. The quantitative estimate of drug-likeness (QED) is 0.688. The fourth-order valence-electron chi connectivity index (χ4n) is 3.43. The molecule has 3 aliphatic rings. The molecule has 4 nitrogen and oxygen atoms in total. The monoisotopic (exact) mass is 232 g/mol. The molecule has 3 rings (SSSR count). The average Bonchev–Trinajstić information content (AvgIpc) is 2.81. The van der Waals surface area contributed by atoms with Gasteiger partial charge in [0.25, 0.3) is 0 Å². The Labute approximate surface area is 92.5 Å². The number of aliphatic carboxylic acids is 1. The first kappa shape index (κ1) is 9.87. The van der Waals surface area contributed by atoms with Crippen LogP contribution in [-0.2, 0) is 14.3 Å². The number of carbonyl (C=O) groups is 1. The maximum Gasteiger partial charge on any atom is 0.307 e. The van der Waals surface area contributed by atoms with Crippen LogP contribution in [0.4, 0.5) is 0 Å². The van der Waals surface area contributed by atoms with E-state index in [2.05, 4.69) is 0 Å². The third kappa shape index (κ3) is 1.19. The molecule has 2 bridgehead atoms.